The molecule has 0 N–H and O–H groups in total. The Morgan fingerprint density at radius 2 is 1.80 bits per heavy atom. The summed E-state index contributed by atoms with van der Waals surface area (Å²) < 4.78 is 0. The molecule has 0 aliphatic rings. The van der Waals surface area contributed by atoms with Crippen molar-refractivity contribution >= 4 is 0 Å². The van der Waals surface area contributed by atoms with Gasteiger partial charge in [-0.05, 0) is 31.6 Å². The van der Waals surface area contributed by atoms with Gasteiger partial charge in [0.05, 0.1) is 0 Å². The minimum Gasteiger partial charge on any atom is -0.103 e. The molecule has 0 rings (SSSR count). The summed E-state index contributed by atoms with van der Waals surface area (Å²) in [4.78, 5) is 0. The standard InChI is InChI=1S/C15H28/c1-4-6-8-10-12-14-15(3)13-11-9-7-5-2/h5,11,15H,1-2,4,6-10,12-14H2,3H3. The van der Waals surface area contributed by atoms with E-state index in [1.165, 1.54) is 44.9 Å². The Labute approximate surface area is 97.2 Å². The predicted octanol–water partition coefficient (Wildman–Crippen LogP) is 5.36. The highest BCUT2D eigenvalue weighted by atomic mass is 14.1. The van der Waals surface area contributed by atoms with Gasteiger partial charge >= 0.3 is 0 Å². The third-order valence-corrected chi connectivity index (χ3v) is 2.84. The highest BCUT2D eigenvalue weighted by Gasteiger charge is 2.01. The Hall–Kier alpha value is -0.260. The van der Waals surface area contributed by atoms with E-state index in [1.807, 2.05) is 6.08 Å². The summed E-state index contributed by atoms with van der Waals surface area (Å²) in [5, 5.41) is 0. The first-order valence-electron chi connectivity index (χ1n) is 6.53. The van der Waals surface area contributed by atoms with E-state index in [1.54, 1.807) is 0 Å². The molecule has 15 heavy (non-hydrogen) atoms. The van der Waals surface area contributed by atoms with Crippen LogP contribution in [0.25, 0.3) is 0 Å². The van der Waals surface area contributed by atoms with Crippen molar-refractivity contribution in [2.45, 2.75) is 64.7 Å². The number of rotatable bonds is 11. The molecule has 0 aliphatic heterocycles. The molecule has 88 valence electrons. The second-order valence-corrected chi connectivity index (χ2v) is 4.55. The molecule has 1 unspecified atom stereocenters. The normalized spacial score (nSPS) is 12.7. The number of hydrogen-bond acceptors (Lipinski definition) is 0. The first-order valence-corrected chi connectivity index (χ1v) is 6.53. The van der Waals surface area contributed by atoms with Gasteiger partial charge in [-0.25, -0.2) is 0 Å². The van der Waals surface area contributed by atoms with E-state index in [2.05, 4.69) is 26.8 Å². The third-order valence-electron chi connectivity index (χ3n) is 2.84. The molecule has 2 radical (unpaired) electrons. The SMILES string of the molecule is [CH2]CCCCCCC(C)C[CH]CCC=C. The van der Waals surface area contributed by atoms with Gasteiger partial charge in [-0.1, -0.05) is 58.4 Å². The maximum absolute atomic E-state index is 3.86. The zero-order valence-corrected chi connectivity index (χ0v) is 10.5. The van der Waals surface area contributed by atoms with E-state index in [0.717, 1.165) is 18.8 Å². The molecule has 0 saturated heterocycles. The van der Waals surface area contributed by atoms with Crippen LogP contribution in [0.4, 0.5) is 0 Å². The van der Waals surface area contributed by atoms with Gasteiger partial charge in [-0.15, -0.1) is 6.58 Å². The van der Waals surface area contributed by atoms with Crippen molar-refractivity contribution in [3.05, 3.63) is 26.0 Å². The zero-order chi connectivity index (χ0) is 11.4. The van der Waals surface area contributed by atoms with Crippen LogP contribution >= 0.6 is 0 Å². The van der Waals surface area contributed by atoms with Crippen molar-refractivity contribution in [3.8, 4) is 0 Å². The van der Waals surface area contributed by atoms with Gasteiger partial charge in [0.15, 0.2) is 0 Å². The fourth-order valence-corrected chi connectivity index (χ4v) is 1.78. The van der Waals surface area contributed by atoms with Crippen molar-refractivity contribution in [2.24, 2.45) is 5.92 Å². The van der Waals surface area contributed by atoms with E-state index >= 15 is 0 Å². The maximum atomic E-state index is 3.86. The summed E-state index contributed by atoms with van der Waals surface area (Å²) in [6.07, 6.45) is 16.0. The lowest BCUT2D eigenvalue weighted by Crippen LogP contribution is -1.95. The van der Waals surface area contributed by atoms with Crippen LogP contribution in [0.2, 0.25) is 0 Å². The minimum atomic E-state index is 0.870. The van der Waals surface area contributed by atoms with Crippen LogP contribution in [0.15, 0.2) is 12.7 Å². The van der Waals surface area contributed by atoms with Crippen LogP contribution in [0.5, 0.6) is 0 Å². The van der Waals surface area contributed by atoms with Crippen LogP contribution < -0.4 is 0 Å². The van der Waals surface area contributed by atoms with Crippen LogP contribution in [-0.4, -0.2) is 0 Å². The Bertz CT molecular complexity index is 126. The van der Waals surface area contributed by atoms with Crippen molar-refractivity contribution in [1.82, 2.24) is 0 Å². The first kappa shape index (κ1) is 14.7. The average molecular weight is 208 g/mol. The van der Waals surface area contributed by atoms with Crippen LogP contribution in [0.3, 0.4) is 0 Å². The summed E-state index contributed by atoms with van der Waals surface area (Å²) in [5.74, 6) is 0.870. The second-order valence-electron chi connectivity index (χ2n) is 4.55. The molecule has 0 aromatic heterocycles. The lowest BCUT2D eigenvalue weighted by Gasteiger charge is -2.10. The summed E-state index contributed by atoms with van der Waals surface area (Å²) in [6.45, 7) is 9.96. The lowest BCUT2D eigenvalue weighted by atomic mass is 9.96. The van der Waals surface area contributed by atoms with Gasteiger partial charge in [0, 0.05) is 0 Å². The Balaban J connectivity index is 3.11. The molecule has 0 nitrogen and oxygen atoms in total. The highest BCUT2D eigenvalue weighted by Crippen LogP contribution is 2.16. The van der Waals surface area contributed by atoms with Gasteiger partial charge < -0.3 is 0 Å². The molecule has 1 atom stereocenters. The molecule has 0 aromatic rings. The van der Waals surface area contributed by atoms with E-state index in [0.29, 0.717) is 0 Å². The van der Waals surface area contributed by atoms with Crippen molar-refractivity contribution in [2.75, 3.05) is 0 Å². The fraction of sp³-hybridized carbons (Fsp3) is 0.733. The van der Waals surface area contributed by atoms with E-state index in [-0.39, 0.29) is 0 Å². The lowest BCUT2D eigenvalue weighted by molar-refractivity contribution is 0.476. The van der Waals surface area contributed by atoms with Crippen LogP contribution in [0, 0.1) is 19.3 Å². The third kappa shape index (κ3) is 11.7. The van der Waals surface area contributed by atoms with E-state index in [4.69, 9.17) is 0 Å². The fourth-order valence-electron chi connectivity index (χ4n) is 1.78. The van der Waals surface area contributed by atoms with Gasteiger partial charge in [0.1, 0.15) is 0 Å². The molecule has 0 amide bonds. The minimum absolute atomic E-state index is 0.870. The van der Waals surface area contributed by atoms with Gasteiger partial charge in [-0.3, -0.25) is 0 Å². The van der Waals surface area contributed by atoms with Crippen molar-refractivity contribution < 1.29 is 0 Å². The molecule has 0 aromatic carbocycles. The average Bonchev–Trinajstić information content (AvgIpc) is 2.24. The molecule has 0 spiro atoms. The zero-order valence-electron chi connectivity index (χ0n) is 10.5. The molecule has 0 bridgehead atoms. The van der Waals surface area contributed by atoms with Gasteiger partial charge in [-0.2, -0.15) is 0 Å². The summed E-state index contributed by atoms with van der Waals surface area (Å²) in [7, 11) is 0. The molecule has 0 saturated carbocycles. The monoisotopic (exact) mass is 208 g/mol. The second kappa shape index (κ2) is 11.8. The van der Waals surface area contributed by atoms with Crippen LogP contribution in [-0.2, 0) is 0 Å². The Kier molecular flexibility index (Phi) is 11.6. The number of unbranched alkanes of at least 4 members (excludes halogenated alkanes) is 6. The highest BCUT2D eigenvalue weighted by molar-refractivity contribution is 4.75. The first-order chi connectivity index (χ1) is 7.31. The molecule has 0 heterocycles. The van der Waals surface area contributed by atoms with E-state index in [9.17, 15) is 0 Å². The van der Waals surface area contributed by atoms with Gasteiger partial charge in [0.2, 0.25) is 0 Å². The summed E-state index contributed by atoms with van der Waals surface area (Å²) in [5.41, 5.74) is 0. The number of hydrogen-bond donors (Lipinski definition) is 0. The quantitative estimate of drug-likeness (QED) is 0.317. The van der Waals surface area contributed by atoms with Gasteiger partial charge in [0.25, 0.3) is 0 Å². The van der Waals surface area contributed by atoms with Crippen molar-refractivity contribution in [1.29, 1.82) is 0 Å². The molecular weight excluding hydrogens is 180 g/mol. The molecular formula is C15H28. The van der Waals surface area contributed by atoms with E-state index < -0.39 is 0 Å². The number of allylic oxidation sites excluding steroid dienone is 1. The Morgan fingerprint density at radius 3 is 2.47 bits per heavy atom. The molecule has 0 heteroatoms. The summed E-state index contributed by atoms with van der Waals surface area (Å²) >= 11 is 0. The molecule has 0 aliphatic carbocycles. The Morgan fingerprint density at radius 1 is 1.07 bits per heavy atom. The molecule has 0 fully saturated rings. The maximum Gasteiger partial charge on any atom is -0.0351 e. The van der Waals surface area contributed by atoms with Crippen molar-refractivity contribution in [3.63, 3.8) is 0 Å². The van der Waals surface area contributed by atoms with Crippen LogP contribution in [0.1, 0.15) is 64.7 Å². The summed E-state index contributed by atoms with van der Waals surface area (Å²) in [6, 6.07) is 0. The topological polar surface area (TPSA) is 0 Å². The smallest absolute Gasteiger partial charge is 0.0351 e. The predicted molar refractivity (Wildman–Crippen MR) is 70.6 cm³/mol. The largest absolute Gasteiger partial charge is 0.103 e.